The minimum atomic E-state index is -0.835. The second-order valence-corrected chi connectivity index (χ2v) is 7.62. The lowest BCUT2D eigenvalue weighted by Gasteiger charge is -2.15. The minimum Gasteiger partial charge on any atom is -0.494 e. The van der Waals surface area contributed by atoms with Crippen molar-refractivity contribution in [1.82, 2.24) is 29.5 Å². The van der Waals surface area contributed by atoms with E-state index in [-0.39, 0.29) is 12.1 Å². The average Bonchev–Trinajstić information content (AvgIpc) is 3.25. The normalized spacial score (nSPS) is 11.8. The van der Waals surface area contributed by atoms with Crippen molar-refractivity contribution in [2.45, 2.75) is 39.3 Å². The van der Waals surface area contributed by atoms with E-state index in [1.165, 1.54) is 25.0 Å². The van der Waals surface area contributed by atoms with E-state index in [1.54, 1.807) is 35.8 Å². The number of hydrogen-bond donors (Lipinski definition) is 2. The standard InChI is InChI=1S/C22H28N6O6/c1-5-33-15-8-10-16(11-9-15)34-14(2)20(30)25-24-17(29)7-6-12-28-13-23-19-18(28)21(31)27(4)22(32)26(19)3/h8-11,13-14H,5-7,12H2,1-4H3,(H,24,29)(H,25,30). The quantitative estimate of drug-likeness (QED) is 0.425. The van der Waals surface area contributed by atoms with Gasteiger partial charge in [-0.2, -0.15) is 0 Å². The minimum absolute atomic E-state index is 0.0974. The highest BCUT2D eigenvalue weighted by Crippen LogP contribution is 2.18. The molecule has 0 saturated heterocycles. The highest BCUT2D eigenvalue weighted by atomic mass is 16.5. The van der Waals surface area contributed by atoms with Crippen molar-refractivity contribution in [1.29, 1.82) is 0 Å². The first-order valence-electron chi connectivity index (χ1n) is 10.8. The summed E-state index contributed by atoms with van der Waals surface area (Å²) in [7, 11) is 2.94. The van der Waals surface area contributed by atoms with E-state index in [1.807, 2.05) is 6.92 Å². The lowest BCUT2D eigenvalue weighted by atomic mass is 10.3. The summed E-state index contributed by atoms with van der Waals surface area (Å²) in [4.78, 5) is 52.9. The Morgan fingerprint density at radius 2 is 1.74 bits per heavy atom. The largest absolute Gasteiger partial charge is 0.494 e. The second-order valence-electron chi connectivity index (χ2n) is 7.62. The number of ether oxygens (including phenoxy) is 2. The van der Waals surface area contributed by atoms with Crippen molar-refractivity contribution >= 4 is 23.0 Å². The number of nitrogens with one attached hydrogen (secondary N) is 2. The van der Waals surface area contributed by atoms with Crippen LogP contribution in [-0.2, 0) is 30.2 Å². The SMILES string of the molecule is CCOc1ccc(OC(C)C(=O)NNC(=O)CCCn2cnc3c2c(=O)n(C)c(=O)n3C)cc1. The van der Waals surface area contributed by atoms with E-state index in [9.17, 15) is 19.2 Å². The lowest BCUT2D eigenvalue weighted by molar-refractivity contribution is -0.132. The summed E-state index contributed by atoms with van der Waals surface area (Å²) < 4.78 is 14.8. The molecule has 0 aliphatic carbocycles. The molecule has 2 amide bonds. The number of nitrogens with zero attached hydrogens (tertiary/aromatic N) is 4. The van der Waals surface area contributed by atoms with Crippen LogP contribution in [0.3, 0.4) is 0 Å². The van der Waals surface area contributed by atoms with Crippen LogP contribution in [0.1, 0.15) is 26.7 Å². The number of imidazole rings is 1. The predicted octanol–water partition coefficient (Wildman–Crippen LogP) is 0.228. The van der Waals surface area contributed by atoms with Gasteiger partial charge in [-0.05, 0) is 44.5 Å². The summed E-state index contributed by atoms with van der Waals surface area (Å²) in [6.07, 6.45) is 1.11. The molecule has 0 radical (unpaired) electrons. The molecule has 0 aliphatic heterocycles. The Balaban J connectivity index is 1.47. The van der Waals surface area contributed by atoms with Gasteiger partial charge in [-0.3, -0.25) is 34.4 Å². The third-order valence-electron chi connectivity index (χ3n) is 5.16. The maximum absolute atomic E-state index is 12.4. The molecule has 34 heavy (non-hydrogen) atoms. The first-order chi connectivity index (χ1) is 16.2. The zero-order valence-corrected chi connectivity index (χ0v) is 19.5. The Kier molecular flexibility index (Phi) is 7.71. The van der Waals surface area contributed by atoms with Crippen LogP contribution in [0.4, 0.5) is 0 Å². The Morgan fingerprint density at radius 3 is 2.41 bits per heavy atom. The van der Waals surface area contributed by atoms with Crippen molar-refractivity contribution in [3.63, 3.8) is 0 Å². The van der Waals surface area contributed by atoms with Crippen molar-refractivity contribution in [3.05, 3.63) is 51.4 Å². The number of hydrogen-bond acceptors (Lipinski definition) is 7. The molecule has 0 saturated carbocycles. The van der Waals surface area contributed by atoms with E-state index < -0.39 is 29.2 Å². The van der Waals surface area contributed by atoms with Gasteiger partial charge in [0, 0.05) is 27.1 Å². The van der Waals surface area contributed by atoms with Gasteiger partial charge in [-0.25, -0.2) is 9.78 Å². The van der Waals surface area contributed by atoms with Gasteiger partial charge in [0.25, 0.3) is 11.5 Å². The number of amides is 2. The molecule has 1 aromatic carbocycles. The van der Waals surface area contributed by atoms with Crippen LogP contribution >= 0.6 is 0 Å². The first kappa shape index (κ1) is 24.6. The molecule has 3 rings (SSSR count). The molecule has 182 valence electrons. The summed E-state index contributed by atoms with van der Waals surface area (Å²) >= 11 is 0. The Hall–Kier alpha value is -4.09. The Bertz CT molecular complexity index is 1290. The molecular formula is C22H28N6O6. The zero-order valence-electron chi connectivity index (χ0n) is 19.5. The van der Waals surface area contributed by atoms with Crippen molar-refractivity contribution in [2.24, 2.45) is 14.1 Å². The molecule has 0 spiro atoms. The average molecular weight is 473 g/mol. The molecule has 2 N–H and O–H groups in total. The van der Waals surface area contributed by atoms with Crippen LogP contribution in [0.25, 0.3) is 11.2 Å². The third kappa shape index (κ3) is 5.45. The lowest BCUT2D eigenvalue weighted by Crippen LogP contribution is -2.47. The number of aryl methyl sites for hydroxylation is 2. The summed E-state index contributed by atoms with van der Waals surface area (Å²) in [5.74, 6) is 0.291. The molecule has 3 aromatic rings. The molecule has 2 heterocycles. The monoisotopic (exact) mass is 472 g/mol. The predicted molar refractivity (Wildman–Crippen MR) is 123 cm³/mol. The number of hydrazine groups is 1. The molecule has 12 heteroatoms. The molecule has 12 nitrogen and oxygen atoms in total. The number of rotatable bonds is 9. The number of carbonyl (C=O) groups excluding carboxylic acids is 2. The highest BCUT2D eigenvalue weighted by molar-refractivity contribution is 5.84. The fraction of sp³-hybridized carbons (Fsp3) is 0.409. The molecular weight excluding hydrogens is 444 g/mol. The fourth-order valence-electron chi connectivity index (χ4n) is 3.31. The van der Waals surface area contributed by atoms with Gasteiger partial charge in [-0.15, -0.1) is 0 Å². The summed E-state index contributed by atoms with van der Waals surface area (Å²) in [5, 5.41) is 0. The fourth-order valence-corrected chi connectivity index (χ4v) is 3.31. The van der Waals surface area contributed by atoms with Gasteiger partial charge in [0.2, 0.25) is 5.91 Å². The van der Waals surface area contributed by atoms with E-state index in [0.29, 0.717) is 36.6 Å². The van der Waals surface area contributed by atoms with Crippen LogP contribution in [-0.4, -0.2) is 43.2 Å². The molecule has 1 unspecified atom stereocenters. The molecule has 0 fully saturated rings. The van der Waals surface area contributed by atoms with Crippen LogP contribution < -0.4 is 31.6 Å². The summed E-state index contributed by atoms with van der Waals surface area (Å²) in [6, 6.07) is 6.87. The molecule has 1 atom stereocenters. The van der Waals surface area contributed by atoms with Gasteiger partial charge >= 0.3 is 5.69 Å². The van der Waals surface area contributed by atoms with Crippen molar-refractivity contribution in [3.8, 4) is 11.5 Å². The van der Waals surface area contributed by atoms with Gasteiger partial charge in [0.1, 0.15) is 11.5 Å². The number of carbonyl (C=O) groups is 2. The second kappa shape index (κ2) is 10.7. The van der Waals surface area contributed by atoms with Gasteiger partial charge in [0.15, 0.2) is 17.3 Å². The van der Waals surface area contributed by atoms with Crippen LogP contribution in [0.2, 0.25) is 0 Å². The summed E-state index contributed by atoms with van der Waals surface area (Å²) in [5.41, 5.74) is 4.36. The van der Waals surface area contributed by atoms with Crippen LogP contribution in [0, 0.1) is 0 Å². The maximum atomic E-state index is 12.4. The van der Waals surface area contributed by atoms with E-state index >= 15 is 0 Å². The number of benzene rings is 1. The molecule has 0 bridgehead atoms. The Morgan fingerprint density at radius 1 is 1.06 bits per heavy atom. The Labute approximate surface area is 195 Å². The topological polar surface area (TPSA) is 138 Å². The van der Waals surface area contributed by atoms with Crippen LogP contribution in [0.15, 0.2) is 40.2 Å². The van der Waals surface area contributed by atoms with E-state index in [4.69, 9.17) is 9.47 Å². The van der Waals surface area contributed by atoms with E-state index in [0.717, 1.165) is 4.57 Å². The smallest absolute Gasteiger partial charge is 0.332 e. The summed E-state index contributed by atoms with van der Waals surface area (Å²) in [6.45, 7) is 4.34. The molecule has 0 aliphatic rings. The van der Waals surface area contributed by atoms with Crippen molar-refractivity contribution < 1.29 is 19.1 Å². The first-order valence-corrected chi connectivity index (χ1v) is 10.8. The third-order valence-corrected chi connectivity index (χ3v) is 5.16. The highest BCUT2D eigenvalue weighted by Gasteiger charge is 2.16. The van der Waals surface area contributed by atoms with Gasteiger partial charge in [-0.1, -0.05) is 0 Å². The van der Waals surface area contributed by atoms with Crippen molar-refractivity contribution in [2.75, 3.05) is 6.61 Å². The zero-order chi connectivity index (χ0) is 24.8. The van der Waals surface area contributed by atoms with Crippen LogP contribution in [0.5, 0.6) is 11.5 Å². The molecule has 2 aromatic heterocycles. The van der Waals surface area contributed by atoms with Gasteiger partial charge < -0.3 is 14.0 Å². The maximum Gasteiger partial charge on any atom is 0.332 e. The van der Waals surface area contributed by atoms with E-state index in [2.05, 4.69) is 15.8 Å². The number of aromatic nitrogens is 4. The number of fused-ring (bicyclic) bond motifs is 1. The van der Waals surface area contributed by atoms with Gasteiger partial charge in [0.05, 0.1) is 12.9 Å².